The van der Waals surface area contributed by atoms with Gasteiger partial charge in [-0.3, -0.25) is 4.79 Å². The molecule has 19 heavy (non-hydrogen) atoms. The molecule has 0 radical (unpaired) electrons. The van der Waals surface area contributed by atoms with Crippen LogP contribution in [0.5, 0.6) is 0 Å². The summed E-state index contributed by atoms with van der Waals surface area (Å²) in [5.74, 6) is 0.698. The van der Waals surface area contributed by atoms with Crippen LogP contribution in [0.2, 0.25) is 0 Å². The zero-order valence-electron chi connectivity index (χ0n) is 12.3. The molecule has 0 saturated carbocycles. The predicted octanol–water partition coefficient (Wildman–Crippen LogP) is 2.34. The van der Waals surface area contributed by atoms with Gasteiger partial charge in [-0.2, -0.15) is 0 Å². The van der Waals surface area contributed by atoms with Gasteiger partial charge in [0.25, 0.3) is 0 Å². The van der Waals surface area contributed by atoms with Gasteiger partial charge in [0.2, 0.25) is 5.91 Å². The average Bonchev–Trinajstić information content (AvgIpc) is 2.78. The van der Waals surface area contributed by atoms with Crippen molar-refractivity contribution in [2.24, 2.45) is 11.8 Å². The fourth-order valence-corrected chi connectivity index (χ4v) is 2.79. The molecule has 1 unspecified atom stereocenters. The van der Waals surface area contributed by atoms with E-state index in [4.69, 9.17) is 0 Å². The van der Waals surface area contributed by atoms with E-state index in [1.54, 1.807) is 0 Å². The van der Waals surface area contributed by atoms with Crippen LogP contribution in [0.15, 0.2) is 18.2 Å². The van der Waals surface area contributed by atoms with Crippen molar-refractivity contribution >= 4 is 5.91 Å². The second-order valence-electron chi connectivity index (χ2n) is 5.83. The molecule has 3 atom stereocenters. The molecule has 0 spiro atoms. The van der Waals surface area contributed by atoms with Crippen LogP contribution in [-0.4, -0.2) is 19.0 Å². The van der Waals surface area contributed by atoms with E-state index in [0.29, 0.717) is 5.92 Å². The third kappa shape index (κ3) is 3.16. The summed E-state index contributed by atoms with van der Waals surface area (Å²) in [7, 11) is 0. The second-order valence-corrected chi connectivity index (χ2v) is 5.83. The number of benzene rings is 1. The molecule has 104 valence electrons. The van der Waals surface area contributed by atoms with E-state index in [9.17, 15) is 4.79 Å². The van der Waals surface area contributed by atoms with Crippen LogP contribution in [0.3, 0.4) is 0 Å². The van der Waals surface area contributed by atoms with Gasteiger partial charge in [0.1, 0.15) is 0 Å². The molecule has 0 aliphatic carbocycles. The molecule has 1 aliphatic rings. The molecule has 1 aromatic carbocycles. The van der Waals surface area contributed by atoms with Crippen LogP contribution in [0.25, 0.3) is 0 Å². The number of carbonyl (C=O) groups is 1. The van der Waals surface area contributed by atoms with Crippen molar-refractivity contribution in [1.82, 2.24) is 10.6 Å². The van der Waals surface area contributed by atoms with Crippen LogP contribution in [0.4, 0.5) is 0 Å². The van der Waals surface area contributed by atoms with Gasteiger partial charge in [0.05, 0.1) is 12.0 Å². The Bertz CT molecular complexity index is 470. The number of aryl methyl sites for hydroxylation is 2. The van der Waals surface area contributed by atoms with Gasteiger partial charge in [-0.25, -0.2) is 0 Å². The van der Waals surface area contributed by atoms with Gasteiger partial charge in [0, 0.05) is 6.54 Å². The Morgan fingerprint density at radius 1 is 1.37 bits per heavy atom. The maximum absolute atomic E-state index is 12.3. The average molecular weight is 260 g/mol. The van der Waals surface area contributed by atoms with Gasteiger partial charge < -0.3 is 10.6 Å². The number of amides is 1. The first kappa shape index (κ1) is 14.1. The normalized spacial score (nSPS) is 24.2. The molecule has 1 fully saturated rings. The Balaban J connectivity index is 2.06. The fourth-order valence-electron chi connectivity index (χ4n) is 2.79. The minimum absolute atomic E-state index is 0.0696. The van der Waals surface area contributed by atoms with E-state index in [1.165, 1.54) is 16.7 Å². The van der Waals surface area contributed by atoms with Gasteiger partial charge in [-0.05, 0) is 44.4 Å². The molecule has 3 heteroatoms. The molecular formula is C16H24N2O. The lowest BCUT2D eigenvalue weighted by molar-refractivity contribution is -0.126. The Morgan fingerprint density at radius 2 is 2.11 bits per heavy atom. The molecule has 1 heterocycles. The van der Waals surface area contributed by atoms with Crippen molar-refractivity contribution in [1.29, 1.82) is 0 Å². The van der Waals surface area contributed by atoms with Crippen molar-refractivity contribution in [3.8, 4) is 0 Å². The summed E-state index contributed by atoms with van der Waals surface area (Å²) in [6.45, 7) is 10.1. The lowest BCUT2D eigenvalue weighted by atomic mass is 9.95. The van der Waals surface area contributed by atoms with E-state index in [1.807, 2.05) is 0 Å². The lowest BCUT2D eigenvalue weighted by Gasteiger charge is -2.21. The van der Waals surface area contributed by atoms with Crippen LogP contribution in [0, 0.1) is 25.7 Å². The van der Waals surface area contributed by atoms with Gasteiger partial charge in [-0.1, -0.05) is 30.7 Å². The summed E-state index contributed by atoms with van der Waals surface area (Å²) >= 11 is 0. The summed E-state index contributed by atoms with van der Waals surface area (Å²) in [5.41, 5.74) is 3.68. The van der Waals surface area contributed by atoms with Crippen LogP contribution in [0.1, 0.15) is 36.6 Å². The molecule has 2 N–H and O–H groups in total. The summed E-state index contributed by atoms with van der Waals surface area (Å²) < 4.78 is 0. The lowest BCUT2D eigenvalue weighted by Crippen LogP contribution is -2.36. The first-order chi connectivity index (χ1) is 8.99. The molecule has 1 amide bonds. The molecule has 0 bridgehead atoms. The molecule has 2 rings (SSSR count). The highest BCUT2D eigenvalue weighted by Crippen LogP contribution is 2.21. The van der Waals surface area contributed by atoms with Crippen LogP contribution in [-0.2, 0) is 4.79 Å². The van der Waals surface area contributed by atoms with Crippen molar-refractivity contribution in [2.45, 2.75) is 33.7 Å². The van der Waals surface area contributed by atoms with Crippen molar-refractivity contribution in [3.63, 3.8) is 0 Å². The summed E-state index contributed by atoms with van der Waals surface area (Å²) in [5, 5.41) is 6.43. The van der Waals surface area contributed by atoms with Crippen molar-refractivity contribution in [3.05, 3.63) is 34.9 Å². The topological polar surface area (TPSA) is 41.1 Å². The van der Waals surface area contributed by atoms with E-state index >= 15 is 0 Å². The van der Waals surface area contributed by atoms with Crippen molar-refractivity contribution in [2.75, 3.05) is 13.1 Å². The molecule has 1 saturated heterocycles. The Hall–Kier alpha value is -1.35. The third-order valence-electron chi connectivity index (χ3n) is 4.11. The number of rotatable bonds is 3. The fraction of sp³-hybridized carbons (Fsp3) is 0.562. The zero-order valence-corrected chi connectivity index (χ0v) is 12.3. The molecule has 1 aliphatic heterocycles. The Labute approximate surface area is 115 Å². The standard InChI is InChI=1S/C16H24N2O/c1-10-5-6-11(2)14(7-10)13(4)18-16(19)15-9-17-8-12(15)3/h5-7,12-13,15,17H,8-9H2,1-4H3,(H,18,19)/t12-,13?,15-/m1/s1. The van der Waals surface area contributed by atoms with Crippen LogP contribution < -0.4 is 10.6 Å². The van der Waals surface area contributed by atoms with Gasteiger partial charge in [0.15, 0.2) is 0 Å². The quantitative estimate of drug-likeness (QED) is 0.876. The number of hydrogen-bond acceptors (Lipinski definition) is 2. The van der Waals surface area contributed by atoms with E-state index in [0.717, 1.165) is 13.1 Å². The maximum atomic E-state index is 12.3. The molecule has 0 aromatic heterocycles. The molecule has 1 aromatic rings. The van der Waals surface area contributed by atoms with Gasteiger partial charge >= 0.3 is 0 Å². The summed E-state index contributed by atoms with van der Waals surface area (Å²) in [6.07, 6.45) is 0. The largest absolute Gasteiger partial charge is 0.349 e. The first-order valence-corrected chi connectivity index (χ1v) is 7.07. The van der Waals surface area contributed by atoms with E-state index in [-0.39, 0.29) is 17.9 Å². The zero-order chi connectivity index (χ0) is 14.0. The smallest absolute Gasteiger partial charge is 0.225 e. The Morgan fingerprint density at radius 3 is 2.74 bits per heavy atom. The minimum Gasteiger partial charge on any atom is -0.349 e. The number of hydrogen-bond donors (Lipinski definition) is 2. The number of nitrogens with one attached hydrogen (secondary N) is 2. The highest BCUT2D eigenvalue weighted by Gasteiger charge is 2.30. The van der Waals surface area contributed by atoms with Crippen LogP contribution >= 0.6 is 0 Å². The highest BCUT2D eigenvalue weighted by atomic mass is 16.2. The summed E-state index contributed by atoms with van der Waals surface area (Å²) in [6, 6.07) is 6.46. The SMILES string of the molecule is Cc1ccc(C)c(C(C)NC(=O)[C@@H]2CNC[C@H]2C)c1. The van der Waals surface area contributed by atoms with Crippen molar-refractivity contribution < 1.29 is 4.79 Å². The van der Waals surface area contributed by atoms with Gasteiger partial charge in [-0.15, -0.1) is 0 Å². The maximum Gasteiger partial charge on any atom is 0.225 e. The third-order valence-corrected chi connectivity index (χ3v) is 4.11. The number of carbonyl (C=O) groups excluding carboxylic acids is 1. The highest BCUT2D eigenvalue weighted by molar-refractivity contribution is 5.80. The summed E-state index contributed by atoms with van der Waals surface area (Å²) in [4.78, 5) is 12.3. The monoisotopic (exact) mass is 260 g/mol. The molecular weight excluding hydrogens is 236 g/mol. The predicted molar refractivity (Wildman–Crippen MR) is 78.0 cm³/mol. The Kier molecular flexibility index (Phi) is 4.25. The van der Waals surface area contributed by atoms with E-state index < -0.39 is 0 Å². The molecule has 3 nitrogen and oxygen atoms in total. The van der Waals surface area contributed by atoms with E-state index in [2.05, 4.69) is 56.5 Å². The first-order valence-electron chi connectivity index (χ1n) is 7.07. The minimum atomic E-state index is 0.0696. The second kappa shape index (κ2) is 5.74.